The minimum atomic E-state index is -0.456. The largest absolute Gasteiger partial charge is 0.508 e. The molecule has 0 saturated carbocycles. The van der Waals surface area contributed by atoms with Crippen LogP contribution in [-0.2, 0) is 6.42 Å². The van der Waals surface area contributed by atoms with E-state index in [4.69, 9.17) is 14.6 Å². The van der Waals surface area contributed by atoms with E-state index in [1.165, 1.54) is 19.6 Å². The number of ether oxygens (including phenoxy) is 1. The molecule has 2 aromatic carbocycles. The van der Waals surface area contributed by atoms with Gasteiger partial charge in [-0.3, -0.25) is 10.2 Å². The predicted molar refractivity (Wildman–Crippen MR) is 113 cm³/mol. The molecule has 152 valence electrons. The number of methoxy groups -OCH3 is 1. The predicted octanol–water partition coefficient (Wildman–Crippen LogP) is 5.00. The zero-order chi connectivity index (χ0) is 20.8. The van der Waals surface area contributed by atoms with E-state index in [0.717, 1.165) is 31.2 Å². The summed E-state index contributed by atoms with van der Waals surface area (Å²) in [6, 6.07) is 12.0. The second-order valence-electron chi connectivity index (χ2n) is 6.97. The molecule has 3 aromatic rings. The molecular formula is C23H26N2O4. The number of para-hydroxylation sites is 2. The number of amides is 1. The first-order chi connectivity index (χ1) is 14.0. The zero-order valence-corrected chi connectivity index (χ0v) is 16.7. The van der Waals surface area contributed by atoms with E-state index in [2.05, 4.69) is 12.2 Å². The van der Waals surface area contributed by atoms with Crippen molar-refractivity contribution in [2.45, 2.75) is 39.0 Å². The molecule has 3 N–H and O–H groups in total. The monoisotopic (exact) mass is 394 g/mol. The van der Waals surface area contributed by atoms with E-state index in [-0.39, 0.29) is 16.9 Å². The smallest absolute Gasteiger partial charge is 0.261 e. The Hall–Kier alpha value is -3.28. The highest BCUT2D eigenvalue weighted by Crippen LogP contribution is 2.27. The van der Waals surface area contributed by atoms with E-state index in [9.17, 15) is 9.90 Å². The lowest BCUT2D eigenvalue weighted by Gasteiger charge is -2.11. The molecule has 1 amide bonds. The van der Waals surface area contributed by atoms with Gasteiger partial charge < -0.3 is 19.6 Å². The highest BCUT2D eigenvalue weighted by Gasteiger charge is 2.15. The summed E-state index contributed by atoms with van der Waals surface area (Å²) in [6.07, 6.45) is 5.17. The second-order valence-corrected chi connectivity index (χ2v) is 6.97. The fourth-order valence-electron chi connectivity index (χ4n) is 3.27. The van der Waals surface area contributed by atoms with Crippen LogP contribution < -0.4 is 15.6 Å². The number of benzene rings is 2. The van der Waals surface area contributed by atoms with Gasteiger partial charge in [0.1, 0.15) is 22.6 Å². The molecule has 0 radical (unpaired) electrons. The quantitative estimate of drug-likeness (QED) is 0.468. The Morgan fingerprint density at radius 2 is 1.97 bits per heavy atom. The van der Waals surface area contributed by atoms with Crippen LogP contribution >= 0.6 is 0 Å². The van der Waals surface area contributed by atoms with Gasteiger partial charge in [0.05, 0.1) is 12.8 Å². The van der Waals surface area contributed by atoms with Crippen LogP contribution in [0.3, 0.4) is 0 Å². The molecule has 0 unspecified atom stereocenters. The van der Waals surface area contributed by atoms with Gasteiger partial charge in [-0.15, -0.1) is 0 Å². The number of hydrogen-bond donors (Lipinski definition) is 3. The van der Waals surface area contributed by atoms with Crippen LogP contribution in [0, 0.1) is 5.41 Å². The van der Waals surface area contributed by atoms with Crippen molar-refractivity contribution in [2.75, 3.05) is 12.4 Å². The lowest BCUT2D eigenvalue weighted by Crippen LogP contribution is -2.21. The molecule has 1 aromatic heterocycles. The number of phenolic OH excluding ortho intramolecular Hbond substituents is 1. The number of hydrogen-bond acceptors (Lipinski definition) is 5. The van der Waals surface area contributed by atoms with Crippen LogP contribution in [0.25, 0.3) is 11.0 Å². The molecule has 3 rings (SSSR count). The summed E-state index contributed by atoms with van der Waals surface area (Å²) in [7, 11) is 1.53. The molecule has 0 aliphatic carbocycles. The van der Waals surface area contributed by atoms with Gasteiger partial charge in [0.2, 0.25) is 5.55 Å². The molecule has 0 aliphatic rings. The van der Waals surface area contributed by atoms with Gasteiger partial charge >= 0.3 is 0 Å². The minimum Gasteiger partial charge on any atom is -0.508 e. The van der Waals surface area contributed by atoms with Crippen LogP contribution in [0.5, 0.6) is 11.5 Å². The van der Waals surface area contributed by atoms with E-state index in [1.807, 2.05) is 12.1 Å². The normalized spacial score (nSPS) is 10.8. The van der Waals surface area contributed by atoms with Gasteiger partial charge in [-0.25, -0.2) is 0 Å². The summed E-state index contributed by atoms with van der Waals surface area (Å²) in [5.41, 5.74) is 1.56. The molecule has 1 heterocycles. The SMILES string of the molecule is CCCCCCc1cc2cc(C(=O)Nc3ccccc3OC)c(=N)oc2cc1O. The highest BCUT2D eigenvalue weighted by atomic mass is 16.5. The fraction of sp³-hybridized carbons (Fsp3) is 0.304. The van der Waals surface area contributed by atoms with Crippen molar-refractivity contribution < 1.29 is 19.1 Å². The molecule has 0 fully saturated rings. The first kappa shape index (κ1) is 20.5. The number of carbonyl (C=O) groups excluding carboxylic acids is 1. The van der Waals surface area contributed by atoms with Crippen LogP contribution in [0.15, 0.2) is 46.9 Å². The van der Waals surface area contributed by atoms with Crippen molar-refractivity contribution in [2.24, 2.45) is 0 Å². The lowest BCUT2D eigenvalue weighted by molar-refractivity contribution is 0.102. The van der Waals surface area contributed by atoms with Gasteiger partial charge in [-0.1, -0.05) is 38.3 Å². The van der Waals surface area contributed by atoms with Crippen molar-refractivity contribution >= 4 is 22.6 Å². The molecule has 0 aliphatic heterocycles. The maximum absolute atomic E-state index is 12.7. The van der Waals surface area contributed by atoms with Crippen LogP contribution in [0.2, 0.25) is 0 Å². The van der Waals surface area contributed by atoms with Gasteiger partial charge in [0.25, 0.3) is 5.91 Å². The summed E-state index contributed by atoms with van der Waals surface area (Å²) in [6.45, 7) is 2.16. The summed E-state index contributed by atoms with van der Waals surface area (Å²) < 4.78 is 10.8. The summed E-state index contributed by atoms with van der Waals surface area (Å²) in [4.78, 5) is 12.7. The van der Waals surface area contributed by atoms with Crippen molar-refractivity contribution in [1.29, 1.82) is 5.41 Å². The summed E-state index contributed by atoms with van der Waals surface area (Å²) in [5.74, 6) is 0.232. The molecular weight excluding hydrogens is 368 g/mol. The topological polar surface area (TPSA) is 95.5 Å². The Bertz CT molecular complexity index is 1070. The third-order valence-corrected chi connectivity index (χ3v) is 4.87. The number of aryl methyl sites for hydroxylation is 1. The van der Waals surface area contributed by atoms with E-state index in [1.54, 1.807) is 24.3 Å². The molecule has 0 atom stereocenters. The minimum absolute atomic E-state index is 0.117. The van der Waals surface area contributed by atoms with Gasteiger partial charge in [0.15, 0.2) is 0 Å². The molecule has 6 heteroatoms. The van der Waals surface area contributed by atoms with E-state index >= 15 is 0 Å². The number of carbonyl (C=O) groups is 1. The highest BCUT2D eigenvalue weighted by molar-refractivity contribution is 6.06. The molecule has 0 saturated heterocycles. The van der Waals surface area contributed by atoms with Crippen LogP contribution in [0.4, 0.5) is 5.69 Å². The van der Waals surface area contributed by atoms with Crippen molar-refractivity contribution in [3.05, 3.63) is 59.1 Å². The summed E-state index contributed by atoms with van der Waals surface area (Å²) >= 11 is 0. The first-order valence-electron chi connectivity index (χ1n) is 9.82. The first-order valence-corrected chi connectivity index (χ1v) is 9.82. The number of fused-ring (bicyclic) bond motifs is 1. The van der Waals surface area contributed by atoms with E-state index < -0.39 is 5.91 Å². The fourth-order valence-corrected chi connectivity index (χ4v) is 3.27. The van der Waals surface area contributed by atoms with Gasteiger partial charge in [-0.05, 0) is 42.7 Å². The number of nitrogens with one attached hydrogen (secondary N) is 2. The van der Waals surface area contributed by atoms with Crippen molar-refractivity contribution in [1.82, 2.24) is 0 Å². The molecule has 6 nitrogen and oxygen atoms in total. The Labute approximate surface area is 169 Å². The Morgan fingerprint density at radius 3 is 2.72 bits per heavy atom. The van der Waals surface area contributed by atoms with Crippen LogP contribution in [-0.4, -0.2) is 18.1 Å². The van der Waals surface area contributed by atoms with Crippen molar-refractivity contribution in [3.8, 4) is 11.5 Å². The Morgan fingerprint density at radius 1 is 1.17 bits per heavy atom. The number of aromatic hydroxyl groups is 1. The average Bonchev–Trinajstić information content (AvgIpc) is 2.71. The number of unbranched alkanes of at least 4 members (excludes halogenated alkanes) is 3. The maximum atomic E-state index is 12.7. The van der Waals surface area contributed by atoms with Gasteiger partial charge in [0, 0.05) is 11.5 Å². The Balaban J connectivity index is 1.89. The van der Waals surface area contributed by atoms with E-state index in [0.29, 0.717) is 22.4 Å². The van der Waals surface area contributed by atoms with Crippen LogP contribution in [0.1, 0.15) is 48.5 Å². The maximum Gasteiger partial charge on any atom is 0.261 e. The van der Waals surface area contributed by atoms with Crippen molar-refractivity contribution in [3.63, 3.8) is 0 Å². The molecule has 29 heavy (non-hydrogen) atoms. The number of rotatable bonds is 8. The standard InChI is InChI=1S/C23H26N2O4/c1-3-4-5-6-9-15-12-16-13-17(22(24)29-21(16)14-19(15)26)23(27)25-18-10-7-8-11-20(18)28-2/h7-8,10-14,24,26H,3-6,9H2,1-2H3,(H,25,27). The third-order valence-electron chi connectivity index (χ3n) is 4.87. The number of phenols is 1. The third kappa shape index (κ3) is 4.77. The summed E-state index contributed by atoms with van der Waals surface area (Å²) in [5, 5.41) is 21.8. The lowest BCUT2D eigenvalue weighted by atomic mass is 10.0. The average molecular weight is 394 g/mol. The number of anilines is 1. The zero-order valence-electron chi connectivity index (χ0n) is 16.7. The molecule has 0 bridgehead atoms. The second kappa shape index (κ2) is 9.28. The molecule has 0 spiro atoms. The Kier molecular flexibility index (Phi) is 6.54. The van der Waals surface area contributed by atoms with Gasteiger partial charge in [-0.2, -0.15) is 0 Å².